The average molecular weight is 478 g/mol. The van der Waals surface area contributed by atoms with Gasteiger partial charge in [-0.1, -0.05) is 5.16 Å². The van der Waals surface area contributed by atoms with E-state index in [1.165, 1.54) is 0 Å². The molecule has 1 aromatic heterocycles. The van der Waals surface area contributed by atoms with Gasteiger partial charge in [-0.3, -0.25) is 9.79 Å². The summed E-state index contributed by atoms with van der Waals surface area (Å²) in [4.78, 5) is 25.0. The van der Waals surface area contributed by atoms with Gasteiger partial charge in [0.2, 0.25) is 5.89 Å². The van der Waals surface area contributed by atoms with E-state index < -0.39 is 0 Å². The first kappa shape index (κ1) is 20.9. The molecule has 2 aliphatic heterocycles. The number of amides is 1. The van der Waals surface area contributed by atoms with Gasteiger partial charge in [-0.05, 0) is 19.8 Å². The highest BCUT2D eigenvalue weighted by atomic mass is 127. The van der Waals surface area contributed by atoms with Crippen LogP contribution in [0.4, 0.5) is 0 Å². The Kier molecular flexibility index (Phi) is 8.07. The molecule has 9 nitrogen and oxygen atoms in total. The van der Waals surface area contributed by atoms with Crippen LogP contribution in [-0.4, -0.2) is 84.3 Å². The fourth-order valence-electron chi connectivity index (χ4n) is 3.17. The Morgan fingerprint density at radius 1 is 1.31 bits per heavy atom. The maximum Gasteiger partial charge on any atom is 0.251 e. The number of nitrogens with one attached hydrogen (secondary N) is 1. The maximum absolute atomic E-state index is 12.4. The SMILES string of the molecule is CN=C(NCCc1nc(C)no1)N1CCN(C(=O)C2CCCO2)CC1.I. The number of carbonyl (C=O) groups excluding carboxylic acids is 1. The zero-order valence-corrected chi connectivity index (χ0v) is 17.6. The highest BCUT2D eigenvalue weighted by molar-refractivity contribution is 14.0. The van der Waals surface area contributed by atoms with Crippen LogP contribution in [-0.2, 0) is 16.0 Å². The van der Waals surface area contributed by atoms with Crippen LogP contribution in [0.2, 0.25) is 0 Å². The summed E-state index contributed by atoms with van der Waals surface area (Å²) in [6, 6.07) is 0. The molecule has 2 fully saturated rings. The number of carbonyl (C=O) groups is 1. The molecule has 0 aromatic carbocycles. The zero-order chi connectivity index (χ0) is 17.6. The number of hydrogen-bond acceptors (Lipinski definition) is 6. The number of piperazine rings is 1. The number of aryl methyl sites for hydroxylation is 1. The highest BCUT2D eigenvalue weighted by Gasteiger charge is 2.30. The zero-order valence-electron chi connectivity index (χ0n) is 15.3. The van der Waals surface area contributed by atoms with E-state index in [1.54, 1.807) is 14.0 Å². The molecule has 0 spiro atoms. The summed E-state index contributed by atoms with van der Waals surface area (Å²) in [7, 11) is 1.77. The van der Waals surface area contributed by atoms with E-state index in [-0.39, 0.29) is 36.0 Å². The molecule has 2 saturated heterocycles. The molecule has 1 N–H and O–H groups in total. The molecule has 1 amide bonds. The topological polar surface area (TPSA) is 96.1 Å². The first-order valence-corrected chi connectivity index (χ1v) is 8.82. The normalized spacial score (nSPS) is 20.8. The Bertz CT molecular complexity index is 609. The van der Waals surface area contributed by atoms with Crippen molar-refractivity contribution in [2.75, 3.05) is 46.4 Å². The minimum absolute atomic E-state index is 0. The van der Waals surface area contributed by atoms with Gasteiger partial charge in [0.05, 0.1) is 0 Å². The molecule has 1 aromatic rings. The van der Waals surface area contributed by atoms with Crippen molar-refractivity contribution in [3.8, 4) is 0 Å². The Labute approximate surface area is 170 Å². The maximum atomic E-state index is 12.4. The Hall–Kier alpha value is -1.43. The number of hydrogen-bond donors (Lipinski definition) is 1. The molecule has 10 heteroatoms. The van der Waals surface area contributed by atoms with Crippen LogP contribution in [0.3, 0.4) is 0 Å². The lowest BCUT2D eigenvalue weighted by Crippen LogP contribution is -2.55. The Balaban J connectivity index is 0.00000243. The lowest BCUT2D eigenvalue weighted by atomic mass is 10.2. The van der Waals surface area contributed by atoms with Gasteiger partial charge >= 0.3 is 0 Å². The van der Waals surface area contributed by atoms with Crippen LogP contribution in [0.15, 0.2) is 9.52 Å². The van der Waals surface area contributed by atoms with Crippen LogP contribution in [0.1, 0.15) is 24.6 Å². The van der Waals surface area contributed by atoms with Crippen LogP contribution in [0.5, 0.6) is 0 Å². The predicted molar refractivity (Wildman–Crippen MR) is 107 cm³/mol. The van der Waals surface area contributed by atoms with Crippen molar-refractivity contribution in [1.82, 2.24) is 25.3 Å². The number of aromatic nitrogens is 2. The predicted octanol–water partition coefficient (Wildman–Crippen LogP) is 0.437. The largest absolute Gasteiger partial charge is 0.368 e. The average Bonchev–Trinajstić information content (AvgIpc) is 3.30. The van der Waals surface area contributed by atoms with Crippen molar-refractivity contribution in [2.24, 2.45) is 4.99 Å². The van der Waals surface area contributed by atoms with Crippen LogP contribution in [0, 0.1) is 6.92 Å². The fraction of sp³-hybridized carbons (Fsp3) is 0.750. The molecule has 2 aliphatic rings. The number of halogens is 1. The quantitative estimate of drug-likeness (QED) is 0.381. The molecular formula is C16H27IN6O3. The molecule has 146 valence electrons. The van der Waals surface area contributed by atoms with Gasteiger partial charge in [-0.25, -0.2) is 0 Å². The van der Waals surface area contributed by atoms with E-state index in [4.69, 9.17) is 9.26 Å². The molecule has 0 aliphatic carbocycles. The molecule has 3 rings (SSSR count). The van der Waals surface area contributed by atoms with Crippen LogP contribution < -0.4 is 5.32 Å². The van der Waals surface area contributed by atoms with Gasteiger partial charge in [0.15, 0.2) is 11.8 Å². The number of aliphatic imine (C=N–C) groups is 1. The molecule has 0 radical (unpaired) electrons. The second-order valence-corrected chi connectivity index (χ2v) is 6.27. The van der Waals surface area contributed by atoms with Gasteiger partial charge in [0.1, 0.15) is 6.10 Å². The van der Waals surface area contributed by atoms with E-state index in [2.05, 4.69) is 25.3 Å². The van der Waals surface area contributed by atoms with E-state index >= 15 is 0 Å². The summed E-state index contributed by atoms with van der Waals surface area (Å²) in [5.41, 5.74) is 0. The van der Waals surface area contributed by atoms with Crippen molar-refractivity contribution in [3.63, 3.8) is 0 Å². The van der Waals surface area contributed by atoms with Crippen molar-refractivity contribution < 1.29 is 14.1 Å². The summed E-state index contributed by atoms with van der Waals surface area (Å²) in [6.07, 6.45) is 2.24. The third-order valence-corrected chi connectivity index (χ3v) is 4.50. The summed E-state index contributed by atoms with van der Waals surface area (Å²) < 4.78 is 10.6. The second-order valence-electron chi connectivity index (χ2n) is 6.27. The van der Waals surface area contributed by atoms with E-state index in [0.29, 0.717) is 44.4 Å². The summed E-state index contributed by atoms with van der Waals surface area (Å²) in [5, 5.41) is 7.10. The standard InChI is InChI=1S/C16H26N6O3.HI/c1-12-19-14(25-20-12)5-6-18-16(17-2)22-9-7-21(8-10-22)15(23)13-4-3-11-24-13;/h13H,3-11H2,1-2H3,(H,17,18);1H. The number of nitrogens with zero attached hydrogens (tertiary/aromatic N) is 5. The third-order valence-electron chi connectivity index (χ3n) is 4.50. The summed E-state index contributed by atoms with van der Waals surface area (Å²) in [5.74, 6) is 2.23. The highest BCUT2D eigenvalue weighted by Crippen LogP contribution is 2.16. The minimum Gasteiger partial charge on any atom is -0.368 e. The summed E-state index contributed by atoms with van der Waals surface area (Å²) >= 11 is 0. The molecule has 1 unspecified atom stereocenters. The van der Waals surface area contributed by atoms with E-state index in [9.17, 15) is 4.79 Å². The third kappa shape index (κ3) is 5.29. The Morgan fingerprint density at radius 3 is 2.62 bits per heavy atom. The molecular weight excluding hydrogens is 451 g/mol. The number of rotatable bonds is 4. The van der Waals surface area contributed by atoms with Crippen molar-refractivity contribution in [1.29, 1.82) is 0 Å². The lowest BCUT2D eigenvalue weighted by Gasteiger charge is -2.37. The van der Waals surface area contributed by atoms with Gasteiger partial charge in [-0.2, -0.15) is 4.98 Å². The van der Waals surface area contributed by atoms with Gasteiger partial charge in [0, 0.05) is 52.8 Å². The van der Waals surface area contributed by atoms with E-state index in [0.717, 1.165) is 31.9 Å². The monoisotopic (exact) mass is 478 g/mol. The van der Waals surface area contributed by atoms with Gasteiger partial charge < -0.3 is 24.4 Å². The fourth-order valence-corrected chi connectivity index (χ4v) is 3.17. The molecule has 26 heavy (non-hydrogen) atoms. The molecule has 0 bridgehead atoms. The first-order valence-electron chi connectivity index (χ1n) is 8.82. The number of ether oxygens (including phenoxy) is 1. The molecule has 1 atom stereocenters. The minimum atomic E-state index is -0.234. The Morgan fingerprint density at radius 2 is 2.04 bits per heavy atom. The summed E-state index contributed by atoms with van der Waals surface area (Å²) in [6.45, 7) is 6.09. The van der Waals surface area contributed by atoms with E-state index in [1.807, 2.05) is 4.90 Å². The van der Waals surface area contributed by atoms with Crippen LogP contribution in [0.25, 0.3) is 0 Å². The molecule has 0 saturated carbocycles. The van der Waals surface area contributed by atoms with Crippen LogP contribution >= 0.6 is 24.0 Å². The van der Waals surface area contributed by atoms with Crippen molar-refractivity contribution in [3.05, 3.63) is 11.7 Å². The lowest BCUT2D eigenvalue weighted by molar-refractivity contribution is -0.142. The first-order chi connectivity index (χ1) is 12.2. The van der Waals surface area contributed by atoms with Gasteiger partial charge in [-0.15, -0.1) is 24.0 Å². The van der Waals surface area contributed by atoms with Gasteiger partial charge in [0.25, 0.3) is 5.91 Å². The van der Waals surface area contributed by atoms with Crippen molar-refractivity contribution >= 4 is 35.8 Å². The second kappa shape index (κ2) is 10.0. The van der Waals surface area contributed by atoms with Crippen molar-refractivity contribution in [2.45, 2.75) is 32.3 Å². The number of guanidine groups is 1. The smallest absolute Gasteiger partial charge is 0.251 e. The molecule has 3 heterocycles.